The number of carbonyl (C=O) groups is 1. The number of urea groups is 1. The monoisotopic (exact) mass is 160 g/mol. The number of carbonyl (C=O) groups excluding carboxylic acids is 1. The van der Waals surface area contributed by atoms with Crippen molar-refractivity contribution in [3.63, 3.8) is 0 Å². The van der Waals surface area contributed by atoms with Gasteiger partial charge >= 0.3 is 6.03 Å². The molecule has 2 amide bonds. The first-order valence-electron chi connectivity index (χ1n) is 3.48. The van der Waals surface area contributed by atoms with Crippen molar-refractivity contribution in [2.24, 2.45) is 0 Å². The van der Waals surface area contributed by atoms with Gasteiger partial charge in [0, 0.05) is 12.6 Å². The number of hydrogen-bond acceptors (Lipinski definition) is 3. The minimum absolute atomic E-state index is 0.253. The molecule has 1 aliphatic rings. The summed E-state index contributed by atoms with van der Waals surface area (Å²) in [6.07, 6.45) is 0. The van der Waals surface area contributed by atoms with Crippen LogP contribution in [0.15, 0.2) is 0 Å². The normalized spacial score (nSPS) is 21.7. The maximum atomic E-state index is 11.1. The quantitative estimate of drug-likeness (QED) is 0.403. The molecule has 5 nitrogen and oxygen atoms in total. The molecule has 0 radical (unpaired) electrons. The molecular formula is C6H12N2O3. The van der Waals surface area contributed by atoms with Gasteiger partial charge in [-0.1, -0.05) is 0 Å². The van der Waals surface area contributed by atoms with E-state index < -0.39 is 13.5 Å². The van der Waals surface area contributed by atoms with E-state index in [9.17, 15) is 4.79 Å². The molecule has 1 atom stereocenters. The molecule has 11 heavy (non-hydrogen) atoms. The first kappa shape index (κ1) is 8.29. The summed E-state index contributed by atoms with van der Waals surface area (Å²) in [4.78, 5) is 13.6. The molecule has 0 saturated carbocycles. The van der Waals surface area contributed by atoms with Crippen molar-refractivity contribution in [3.8, 4) is 0 Å². The van der Waals surface area contributed by atoms with Crippen LogP contribution in [0.4, 0.5) is 4.79 Å². The van der Waals surface area contributed by atoms with E-state index in [0.717, 1.165) is 11.4 Å². The Hall–Kier alpha value is -0.810. The molecule has 1 heterocycles. The molecule has 1 aliphatic heterocycles. The largest absolute Gasteiger partial charge is 0.376 e. The average Bonchev–Trinajstić information content (AvgIpc) is 2.69. The number of rotatable bonds is 2. The van der Waals surface area contributed by atoms with Crippen molar-refractivity contribution in [1.29, 1.82) is 0 Å². The Balaban J connectivity index is 2.39. The SMILES string of the molecule is CC1CN1C(=O)N(CO)CO. The molecule has 1 rings (SSSR count). The molecule has 0 aromatic rings. The van der Waals surface area contributed by atoms with E-state index >= 15 is 0 Å². The van der Waals surface area contributed by atoms with Crippen LogP contribution < -0.4 is 0 Å². The Labute approximate surface area is 64.8 Å². The number of amides is 2. The molecular weight excluding hydrogens is 148 g/mol. The fourth-order valence-corrected chi connectivity index (χ4v) is 0.851. The molecule has 0 aromatic carbocycles. The van der Waals surface area contributed by atoms with Crippen LogP contribution >= 0.6 is 0 Å². The minimum atomic E-state index is -0.432. The van der Waals surface area contributed by atoms with Gasteiger partial charge in [0.15, 0.2) is 0 Å². The van der Waals surface area contributed by atoms with Crippen molar-refractivity contribution >= 4 is 6.03 Å². The van der Waals surface area contributed by atoms with Gasteiger partial charge in [0.2, 0.25) is 0 Å². The summed E-state index contributed by atoms with van der Waals surface area (Å²) in [7, 11) is 0. The number of aliphatic hydroxyl groups is 2. The molecule has 2 N–H and O–H groups in total. The van der Waals surface area contributed by atoms with Gasteiger partial charge < -0.3 is 15.1 Å². The van der Waals surface area contributed by atoms with Gasteiger partial charge in [0.1, 0.15) is 13.5 Å². The maximum Gasteiger partial charge on any atom is 0.324 e. The van der Waals surface area contributed by atoms with Gasteiger partial charge in [-0.15, -0.1) is 0 Å². The third-order valence-electron chi connectivity index (χ3n) is 1.72. The Bertz CT molecular complexity index is 158. The summed E-state index contributed by atoms with van der Waals surface area (Å²) >= 11 is 0. The number of aliphatic hydroxyl groups excluding tert-OH is 2. The lowest BCUT2D eigenvalue weighted by Gasteiger charge is -2.16. The van der Waals surface area contributed by atoms with Crippen LogP contribution in [0, 0.1) is 0 Å². The molecule has 1 unspecified atom stereocenters. The van der Waals surface area contributed by atoms with Crippen molar-refractivity contribution in [3.05, 3.63) is 0 Å². The van der Waals surface area contributed by atoms with Gasteiger partial charge in [0.25, 0.3) is 0 Å². The van der Waals surface area contributed by atoms with Crippen molar-refractivity contribution < 1.29 is 15.0 Å². The highest BCUT2D eigenvalue weighted by Crippen LogP contribution is 2.17. The topological polar surface area (TPSA) is 63.8 Å². The lowest BCUT2D eigenvalue weighted by Crippen LogP contribution is -2.36. The summed E-state index contributed by atoms with van der Waals surface area (Å²) in [6.45, 7) is 1.76. The van der Waals surface area contributed by atoms with E-state index in [1.807, 2.05) is 6.92 Å². The third-order valence-corrected chi connectivity index (χ3v) is 1.72. The smallest absolute Gasteiger partial charge is 0.324 e. The highest BCUT2D eigenvalue weighted by molar-refractivity contribution is 5.76. The van der Waals surface area contributed by atoms with E-state index in [1.165, 1.54) is 0 Å². The van der Waals surface area contributed by atoms with Crippen LogP contribution in [-0.2, 0) is 0 Å². The second-order valence-corrected chi connectivity index (χ2v) is 2.61. The molecule has 1 saturated heterocycles. The Morgan fingerprint density at radius 3 is 2.36 bits per heavy atom. The summed E-state index contributed by atoms with van der Waals surface area (Å²) in [5.41, 5.74) is 0. The zero-order valence-corrected chi connectivity index (χ0v) is 6.40. The fraction of sp³-hybridized carbons (Fsp3) is 0.833. The average molecular weight is 160 g/mol. The van der Waals surface area contributed by atoms with Crippen molar-refractivity contribution in [2.45, 2.75) is 13.0 Å². The summed E-state index contributed by atoms with van der Waals surface area (Å²) < 4.78 is 0. The van der Waals surface area contributed by atoms with Crippen LogP contribution in [0.25, 0.3) is 0 Å². The Kier molecular flexibility index (Phi) is 2.31. The highest BCUT2D eigenvalue weighted by atomic mass is 16.3. The fourth-order valence-electron chi connectivity index (χ4n) is 0.851. The zero-order chi connectivity index (χ0) is 8.43. The van der Waals surface area contributed by atoms with Crippen molar-refractivity contribution in [1.82, 2.24) is 9.80 Å². The predicted molar refractivity (Wildman–Crippen MR) is 37.6 cm³/mol. The van der Waals surface area contributed by atoms with E-state index in [0.29, 0.717) is 0 Å². The van der Waals surface area contributed by atoms with Crippen LogP contribution in [0.1, 0.15) is 6.92 Å². The first-order chi connectivity index (χ1) is 5.20. The lowest BCUT2D eigenvalue weighted by molar-refractivity contribution is 0.0503. The van der Waals surface area contributed by atoms with E-state index in [4.69, 9.17) is 10.2 Å². The van der Waals surface area contributed by atoms with Gasteiger partial charge in [-0.25, -0.2) is 4.79 Å². The molecule has 0 spiro atoms. The Morgan fingerprint density at radius 1 is 1.64 bits per heavy atom. The number of nitrogens with zero attached hydrogens (tertiary/aromatic N) is 2. The Morgan fingerprint density at radius 2 is 2.09 bits per heavy atom. The van der Waals surface area contributed by atoms with Crippen LogP contribution in [0.2, 0.25) is 0 Å². The lowest BCUT2D eigenvalue weighted by atomic mass is 10.6. The summed E-state index contributed by atoms with van der Waals surface area (Å²) in [5, 5.41) is 17.2. The minimum Gasteiger partial charge on any atom is -0.376 e. The van der Waals surface area contributed by atoms with E-state index in [1.54, 1.807) is 4.90 Å². The third kappa shape index (κ3) is 1.61. The second-order valence-electron chi connectivity index (χ2n) is 2.61. The summed E-state index contributed by atoms with van der Waals surface area (Å²) in [5.74, 6) is 0. The van der Waals surface area contributed by atoms with E-state index in [-0.39, 0.29) is 12.1 Å². The van der Waals surface area contributed by atoms with Crippen molar-refractivity contribution in [2.75, 3.05) is 20.0 Å². The van der Waals surface area contributed by atoms with Gasteiger partial charge in [-0.2, -0.15) is 0 Å². The molecule has 1 fully saturated rings. The van der Waals surface area contributed by atoms with Crippen LogP contribution in [-0.4, -0.2) is 52.1 Å². The molecule has 0 bridgehead atoms. The molecule has 0 aromatic heterocycles. The number of hydrogen-bond donors (Lipinski definition) is 2. The van der Waals surface area contributed by atoms with Gasteiger partial charge in [-0.05, 0) is 6.92 Å². The van der Waals surface area contributed by atoms with Crippen LogP contribution in [0.3, 0.4) is 0 Å². The van der Waals surface area contributed by atoms with Crippen LogP contribution in [0.5, 0.6) is 0 Å². The summed E-state index contributed by atoms with van der Waals surface area (Å²) in [6, 6.07) is -0.0504. The van der Waals surface area contributed by atoms with E-state index in [2.05, 4.69) is 0 Å². The zero-order valence-electron chi connectivity index (χ0n) is 6.40. The van der Waals surface area contributed by atoms with Gasteiger partial charge in [0.05, 0.1) is 0 Å². The molecule has 64 valence electrons. The maximum absolute atomic E-state index is 11.1. The first-order valence-corrected chi connectivity index (χ1v) is 3.48. The molecule has 0 aliphatic carbocycles. The predicted octanol–water partition coefficient (Wildman–Crippen LogP) is -0.988. The van der Waals surface area contributed by atoms with Gasteiger partial charge in [-0.3, -0.25) is 4.90 Å². The highest BCUT2D eigenvalue weighted by Gasteiger charge is 2.36. The standard InChI is InChI=1S/C6H12N2O3/c1-5-2-8(5)6(11)7(3-9)4-10/h5,9-10H,2-4H2,1H3. The second kappa shape index (κ2) is 3.06. The molecule has 5 heteroatoms.